The standard InChI is InChI=1S/C5H8ClO/c1-2-3-5(7)4-6/h4H,2-3H2,1H3. The molecule has 7 heavy (non-hydrogen) atoms. The molecule has 0 saturated heterocycles. The maximum absolute atomic E-state index is 10.2. The van der Waals surface area contributed by atoms with Crippen molar-refractivity contribution in [2.45, 2.75) is 19.8 Å². The number of hydrogen-bond acceptors (Lipinski definition) is 1. The van der Waals surface area contributed by atoms with Gasteiger partial charge in [-0.1, -0.05) is 6.92 Å². The number of rotatable bonds is 3. The quantitative estimate of drug-likeness (QED) is 0.553. The summed E-state index contributed by atoms with van der Waals surface area (Å²) in [6.45, 7) is 1.94. The molecule has 0 amide bonds. The van der Waals surface area contributed by atoms with Gasteiger partial charge < -0.3 is 0 Å². The maximum Gasteiger partial charge on any atom is 0.152 e. The molecule has 0 bridgehead atoms. The second-order valence-electron chi connectivity index (χ2n) is 1.33. The predicted molar refractivity (Wildman–Crippen MR) is 30.1 cm³/mol. The fourth-order valence-corrected chi connectivity index (χ4v) is 0.410. The second kappa shape index (κ2) is 4.13. The lowest BCUT2D eigenvalue weighted by Crippen LogP contribution is -1.90. The van der Waals surface area contributed by atoms with E-state index in [1.807, 2.05) is 6.92 Å². The Balaban J connectivity index is 3.00. The van der Waals surface area contributed by atoms with E-state index in [0.717, 1.165) is 12.3 Å². The first kappa shape index (κ1) is 6.96. The van der Waals surface area contributed by atoms with Crippen LogP contribution in [0.2, 0.25) is 0 Å². The zero-order chi connectivity index (χ0) is 5.70. The topological polar surface area (TPSA) is 17.1 Å². The van der Waals surface area contributed by atoms with Crippen LogP contribution in [-0.2, 0) is 4.79 Å². The van der Waals surface area contributed by atoms with Gasteiger partial charge in [-0.25, -0.2) is 0 Å². The van der Waals surface area contributed by atoms with Gasteiger partial charge in [0.25, 0.3) is 0 Å². The molecular formula is C5H8ClO. The fraction of sp³-hybridized carbons (Fsp3) is 0.600. The number of Topliss-reactive ketones (excluding diaryl/α,β-unsaturated/α-hetero) is 1. The minimum atomic E-state index is 0.0177. The summed E-state index contributed by atoms with van der Waals surface area (Å²) < 4.78 is 0. The van der Waals surface area contributed by atoms with Crippen molar-refractivity contribution in [3.05, 3.63) is 5.88 Å². The molecule has 0 aromatic carbocycles. The van der Waals surface area contributed by atoms with Crippen LogP contribution in [0, 0.1) is 5.88 Å². The molecule has 41 valence electrons. The van der Waals surface area contributed by atoms with Crippen LogP contribution in [-0.4, -0.2) is 5.78 Å². The van der Waals surface area contributed by atoms with E-state index in [2.05, 4.69) is 0 Å². The fourth-order valence-electron chi connectivity index (χ4n) is 0.301. The van der Waals surface area contributed by atoms with Crippen molar-refractivity contribution in [2.75, 3.05) is 0 Å². The van der Waals surface area contributed by atoms with Crippen LogP contribution >= 0.6 is 11.6 Å². The minimum Gasteiger partial charge on any atom is -0.298 e. The SMILES string of the molecule is CCCC(=O)[CH]Cl. The van der Waals surface area contributed by atoms with Gasteiger partial charge in [0.15, 0.2) is 5.78 Å². The number of ketones is 1. The van der Waals surface area contributed by atoms with Crippen LogP contribution in [0.3, 0.4) is 0 Å². The second-order valence-corrected chi connectivity index (χ2v) is 1.54. The van der Waals surface area contributed by atoms with Gasteiger partial charge in [0.05, 0.1) is 0 Å². The van der Waals surface area contributed by atoms with E-state index in [4.69, 9.17) is 11.6 Å². The summed E-state index contributed by atoms with van der Waals surface area (Å²) in [5.41, 5.74) is 0. The molecule has 0 saturated carbocycles. The van der Waals surface area contributed by atoms with E-state index in [1.165, 1.54) is 0 Å². The van der Waals surface area contributed by atoms with Gasteiger partial charge in [-0.05, 0) is 6.42 Å². The van der Waals surface area contributed by atoms with Gasteiger partial charge >= 0.3 is 0 Å². The Kier molecular flexibility index (Phi) is 4.10. The predicted octanol–water partition coefficient (Wildman–Crippen LogP) is 1.76. The summed E-state index contributed by atoms with van der Waals surface area (Å²) in [4.78, 5) is 10.2. The van der Waals surface area contributed by atoms with E-state index in [9.17, 15) is 4.79 Å². The van der Waals surface area contributed by atoms with Gasteiger partial charge in [-0.2, -0.15) is 0 Å². The van der Waals surface area contributed by atoms with Crippen molar-refractivity contribution in [3.63, 3.8) is 0 Å². The molecule has 0 fully saturated rings. The van der Waals surface area contributed by atoms with Crippen LogP contribution in [0.15, 0.2) is 0 Å². The number of halogens is 1. The third-order valence-electron chi connectivity index (χ3n) is 0.618. The highest BCUT2D eigenvalue weighted by Crippen LogP contribution is 1.94. The Hall–Kier alpha value is -0.0400. The normalized spacial score (nSPS) is 8.86. The van der Waals surface area contributed by atoms with Crippen LogP contribution in [0.1, 0.15) is 19.8 Å². The van der Waals surface area contributed by atoms with Gasteiger partial charge in [-0.15, -0.1) is 11.6 Å². The number of carbonyl (C=O) groups excluding carboxylic acids is 1. The first-order chi connectivity index (χ1) is 3.31. The molecule has 0 unspecified atom stereocenters. The summed E-state index contributed by atoms with van der Waals surface area (Å²) in [7, 11) is 0. The van der Waals surface area contributed by atoms with E-state index in [0.29, 0.717) is 6.42 Å². The summed E-state index contributed by atoms with van der Waals surface area (Å²) in [5.74, 6) is 1.10. The first-order valence-corrected chi connectivity index (χ1v) is 2.71. The van der Waals surface area contributed by atoms with E-state index in [-0.39, 0.29) is 5.78 Å². The monoisotopic (exact) mass is 119 g/mol. The Labute approximate surface area is 48.7 Å². The average molecular weight is 120 g/mol. The van der Waals surface area contributed by atoms with Gasteiger partial charge in [0, 0.05) is 6.42 Å². The minimum absolute atomic E-state index is 0.0177. The molecule has 0 aliphatic rings. The Morgan fingerprint density at radius 1 is 1.86 bits per heavy atom. The molecular weight excluding hydrogens is 112 g/mol. The van der Waals surface area contributed by atoms with Gasteiger partial charge in [0.1, 0.15) is 5.88 Å². The molecule has 0 aromatic rings. The molecule has 2 heteroatoms. The molecule has 1 radical (unpaired) electrons. The van der Waals surface area contributed by atoms with Crippen LogP contribution in [0.4, 0.5) is 0 Å². The van der Waals surface area contributed by atoms with Crippen molar-refractivity contribution >= 4 is 17.4 Å². The highest BCUT2D eigenvalue weighted by Gasteiger charge is 1.93. The lowest BCUT2D eigenvalue weighted by Gasteiger charge is -1.85. The van der Waals surface area contributed by atoms with Crippen molar-refractivity contribution in [1.82, 2.24) is 0 Å². The summed E-state index contributed by atoms with van der Waals surface area (Å²) in [6, 6.07) is 0. The molecule has 0 aliphatic heterocycles. The lowest BCUT2D eigenvalue weighted by molar-refractivity contribution is -0.115. The molecule has 0 aromatic heterocycles. The smallest absolute Gasteiger partial charge is 0.152 e. The largest absolute Gasteiger partial charge is 0.298 e. The summed E-state index contributed by atoms with van der Waals surface area (Å²) >= 11 is 5.06. The highest BCUT2D eigenvalue weighted by molar-refractivity contribution is 6.34. The molecule has 0 N–H and O–H groups in total. The van der Waals surface area contributed by atoms with Crippen molar-refractivity contribution in [3.8, 4) is 0 Å². The molecule has 0 atom stereocenters. The zero-order valence-corrected chi connectivity index (χ0v) is 5.03. The number of hydrogen-bond donors (Lipinski definition) is 0. The van der Waals surface area contributed by atoms with Crippen LogP contribution < -0.4 is 0 Å². The Morgan fingerprint density at radius 3 is 2.57 bits per heavy atom. The molecule has 0 rings (SSSR count). The number of carbonyl (C=O) groups is 1. The van der Waals surface area contributed by atoms with Gasteiger partial charge in [0.2, 0.25) is 0 Å². The van der Waals surface area contributed by atoms with Gasteiger partial charge in [-0.3, -0.25) is 4.79 Å². The maximum atomic E-state index is 10.2. The molecule has 1 nitrogen and oxygen atoms in total. The summed E-state index contributed by atoms with van der Waals surface area (Å²) in [6.07, 6.45) is 1.45. The Bertz CT molecular complexity index is 61.1. The van der Waals surface area contributed by atoms with Crippen molar-refractivity contribution in [1.29, 1.82) is 0 Å². The molecule has 0 heterocycles. The average Bonchev–Trinajstić information content (AvgIpc) is 1.68. The van der Waals surface area contributed by atoms with Crippen molar-refractivity contribution in [2.24, 2.45) is 0 Å². The Morgan fingerprint density at radius 2 is 2.43 bits per heavy atom. The lowest BCUT2D eigenvalue weighted by atomic mass is 10.3. The molecule has 0 aliphatic carbocycles. The molecule has 0 spiro atoms. The van der Waals surface area contributed by atoms with Crippen LogP contribution in [0.25, 0.3) is 0 Å². The highest BCUT2D eigenvalue weighted by atomic mass is 35.5. The summed E-state index contributed by atoms with van der Waals surface area (Å²) in [5, 5.41) is 0. The zero-order valence-electron chi connectivity index (χ0n) is 4.28. The third-order valence-corrected chi connectivity index (χ3v) is 0.861. The van der Waals surface area contributed by atoms with E-state index >= 15 is 0 Å². The van der Waals surface area contributed by atoms with Crippen molar-refractivity contribution < 1.29 is 4.79 Å². The van der Waals surface area contributed by atoms with Crippen LogP contribution in [0.5, 0.6) is 0 Å². The van der Waals surface area contributed by atoms with E-state index in [1.54, 1.807) is 0 Å². The first-order valence-electron chi connectivity index (χ1n) is 2.27. The third kappa shape index (κ3) is 3.80. The van der Waals surface area contributed by atoms with E-state index < -0.39 is 0 Å².